The molecule has 0 spiro atoms. The summed E-state index contributed by atoms with van der Waals surface area (Å²) in [6, 6.07) is 8.14. The molecule has 0 saturated carbocycles. The summed E-state index contributed by atoms with van der Waals surface area (Å²) in [5.41, 5.74) is 2.29. The normalized spacial score (nSPS) is 16.0. The Morgan fingerprint density at radius 2 is 1.62 bits per heavy atom. The number of amides is 1. The van der Waals surface area contributed by atoms with Crippen molar-refractivity contribution >= 4 is 11.9 Å². The van der Waals surface area contributed by atoms with Crippen molar-refractivity contribution in [2.45, 2.75) is 26.3 Å². The van der Waals surface area contributed by atoms with Crippen LogP contribution in [0.4, 0.5) is 0 Å². The van der Waals surface area contributed by atoms with Crippen molar-refractivity contribution in [1.29, 1.82) is 0 Å². The van der Waals surface area contributed by atoms with E-state index < -0.39 is 5.97 Å². The van der Waals surface area contributed by atoms with Gasteiger partial charge in [-0.25, -0.2) is 0 Å². The topological polar surface area (TPSA) is 60.9 Å². The fraction of sp³-hybridized carbons (Fsp3) is 0.500. The van der Waals surface area contributed by atoms with E-state index in [-0.39, 0.29) is 12.3 Å². The van der Waals surface area contributed by atoms with Crippen LogP contribution in [0.3, 0.4) is 0 Å². The van der Waals surface area contributed by atoms with E-state index in [9.17, 15) is 9.59 Å². The Balaban J connectivity index is 1.81. The van der Waals surface area contributed by atoms with E-state index in [4.69, 9.17) is 5.11 Å². The van der Waals surface area contributed by atoms with E-state index in [1.807, 2.05) is 17.0 Å². The van der Waals surface area contributed by atoms with E-state index >= 15 is 0 Å². The molecule has 1 aromatic carbocycles. The van der Waals surface area contributed by atoms with E-state index in [1.165, 1.54) is 5.56 Å². The fourth-order valence-corrected chi connectivity index (χ4v) is 2.54. The van der Waals surface area contributed by atoms with E-state index in [2.05, 4.69) is 17.0 Å². The number of carbonyl (C=O) groups excluding carboxylic acids is 1. The van der Waals surface area contributed by atoms with Gasteiger partial charge in [-0.05, 0) is 17.5 Å². The molecule has 5 heteroatoms. The predicted molar refractivity (Wildman–Crippen MR) is 79.9 cm³/mol. The van der Waals surface area contributed by atoms with Gasteiger partial charge in [-0.2, -0.15) is 0 Å². The highest BCUT2D eigenvalue weighted by Gasteiger charge is 2.18. The van der Waals surface area contributed by atoms with Crippen molar-refractivity contribution < 1.29 is 14.7 Å². The van der Waals surface area contributed by atoms with Crippen molar-refractivity contribution in [3.63, 3.8) is 0 Å². The van der Waals surface area contributed by atoms with Crippen LogP contribution in [0.5, 0.6) is 0 Å². The number of piperazine rings is 1. The molecule has 21 heavy (non-hydrogen) atoms. The molecule has 1 aliphatic rings. The molecule has 0 aromatic heterocycles. The maximum absolute atomic E-state index is 11.3. The van der Waals surface area contributed by atoms with Crippen LogP contribution in [-0.4, -0.2) is 53.0 Å². The first-order valence-electron chi connectivity index (χ1n) is 7.32. The van der Waals surface area contributed by atoms with Gasteiger partial charge < -0.3 is 10.0 Å². The molecule has 5 nitrogen and oxygen atoms in total. The third kappa shape index (κ3) is 4.86. The van der Waals surface area contributed by atoms with Crippen LogP contribution in [0.25, 0.3) is 0 Å². The summed E-state index contributed by atoms with van der Waals surface area (Å²) in [7, 11) is 0. The minimum Gasteiger partial charge on any atom is -0.481 e. The number of hydrogen-bond acceptors (Lipinski definition) is 3. The van der Waals surface area contributed by atoms with Crippen molar-refractivity contribution in [2.75, 3.05) is 26.2 Å². The lowest BCUT2D eigenvalue weighted by molar-refractivity contribution is -0.137. The fourth-order valence-electron chi connectivity index (χ4n) is 2.54. The monoisotopic (exact) mass is 290 g/mol. The quantitative estimate of drug-likeness (QED) is 0.889. The van der Waals surface area contributed by atoms with Gasteiger partial charge >= 0.3 is 5.97 Å². The summed E-state index contributed by atoms with van der Waals surface area (Å²) in [4.78, 5) is 26.0. The third-order valence-corrected chi connectivity index (χ3v) is 3.87. The van der Waals surface area contributed by atoms with Crippen molar-refractivity contribution in [3.05, 3.63) is 35.4 Å². The lowest BCUT2D eigenvalue weighted by Gasteiger charge is -2.34. The minimum atomic E-state index is -0.762. The first-order chi connectivity index (χ1) is 10.0. The van der Waals surface area contributed by atoms with Crippen LogP contribution in [-0.2, 0) is 22.6 Å². The van der Waals surface area contributed by atoms with Gasteiger partial charge in [-0.1, -0.05) is 24.3 Å². The lowest BCUT2D eigenvalue weighted by atomic mass is 10.1. The molecule has 0 aliphatic carbocycles. The Kier molecular flexibility index (Phi) is 5.33. The number of aliphatic carboxylic acids is 1. The Hall–Kier alpha value is -1.88. The third-order valence-electron chi connectivity index (χ3n) is 3.87. The molecule has 114 valence electrons. The van der Waals surface area contributed by atoms with E-state index in [1.54, 1.807) is 6.92 Å². The number of carboxylic acid groups (broad SMARTS) is 1. The molecule has 0 unspecified atom stereocenters. The van der Waals surface area contributed by atoms with Gasteiger partial charge in [0, 0.05) is 46.1 Å². The molecule has 1 fully saturated rings. The number of rotatable bonds is 5. The summed E-state index contributed by atoms with van der Waals surface area (Å²) in [5.74, 6) is -0.611. The van der Waals surface area contributed by atoms with Crippen LogP contribution in [0, 0.1) is 0 Å². The highest BCUT2D eigenvalue weighted by atomic mass is 16.4. The second-order valence-corrected chi connectivity index (χ2v) is 5.49. The van der Waals surface area contributed by atoms with Gasteiger partial charge in [0.25, 0.3) is 0 Å². The van der Waals surface area contributed by atoms with Crippen LogP contribution in [0.2, 0.25) is 0 Å². The van der Waals surface area contributed by atoms with Crippen LogP contribution in [0.15, 0.2) is 24.3 Å². The van der Waals surface area contributed by atoms with Gasteiger partial charge in [0.1, 0.15) is 0 Å². The second-order valence-electron chi connectivity index (χ2n) is 5.49. The first-order valence-corrected chi connectivity index (χ1v) is 7.32. The molecule has 1 saturated heterocycles. The molecule has 1 amide bonds. The molecule has 2 rings (SSSR count). The van der Waals surface area contributed by atoms with Crippen molar-refractivity contribution in [3.8, 4) is 0 Å². The van der Waals surface area contributed by atoms with Gasteiger partial charge in [0.15, 0.2) is 0 Å². The Morgan fingerprint density at radius 1 is 1.05 bits per heavy atom. The van der Waals surface area contributed by atoms with Gasteiger partial charge in [0.05, 0.1) is 0 Å². The molecule has 0 atom stereocenters. The van der Waals surface area contributed by atoms with Gasteiger partial charge in [-0.3, -0.25) is 14.5 Å². The highest BCUT2D eigenvalue weighted by Crippen LogP contribution is 2.11. The molecule has 1 aliphatic heterocycles. The zero-order valence-electron chi connectivity index (χ0n) is 12.4. The zero-order valence-corrected chi connectivity index (χ0v) is 12.4. The molecule has 1 heterocycles. The average Bonchev–Trinajstić information content (AvgIpc) is 2.47. The predicted octanol–water partition coefficient (Wildman–Crippen LogP) is 1.37. The Labute approximate surface area is 125 Å². The summed E-state index contributed by atoms with van der Waals surface area (Å²) < 4.78 is 0. The Morgan fingerprint density at radius 3 is 2.14 bits per heavy atom. The molecule has 0 radical (unpaired) electrons. The van der Waals surface area contributed by atoms with Crippen molar-refractivity contribution in [2.24, 2.45) is 0 Å². The number of aryl methyl sites for hydroxylation is 1. The molecular formula is C16H22N2O3. The van der Waals surface area contributed by atoms with Crippen LogP contribution >= 0.6 is 0 Å². The Bertz CT molecular complexity index is 491. The summed E-state index contributed by atoms with van der Waals surface area (Å²) in [6.45, 7) is 5.90. The maximum Gasteiger partial charge on any atom is 0.303 e. The maximum atomic E-state index is 11.3. The smallest absolute Gasteiger partial charge is 0.303 e. The summed E-state index contributed by atoms with van der Waals surface area (Å²) >= 11 is 0. The molecule has 1 N–H and O–H groups in total. The van der Waals surface area contributed by atoms with E-state index in [0.717, 1.165) is 38.3 Å². The number of carboxylic acids is 1. The minimum absolute atomic E-state index is 0.150. The number of carbonyl (C=O) groups is 2. The number of nitrogens with zero attached hydrogens (tertiary/aromatic N) is 2. The molecular weight excluding hydrogens is 268 g/mol. The summed E-state index contributed by atoms with van der Waals surface area (Å²) in [5, 5.41) is 8.67. The number of hydrogen-bond donors (Lipinski definition) is 1. The highest BCUT2D eigenvalue weighted by molar-refractivity contribution is 5.73. The first kappa shape index (κ1) is 15.5. The van der Waals surface area contributed by atoms with E-state index in [0.29, 0.717) is 6.42 Å². The lowest BCUT2D eigenvalue weighted by Crippen LogP contribution is -2.47. The average molecular weight is 290 g/mol. The van der Waals surface area contributed by atoms with Gasteiger partial charge in [0.2, 0.25) is 5.91 Å². The summed E-state index contributed by atoms with van der Waals surface area (Å²) in [6.07, 6.45) is 0.749. The molecule has 1 aromatic rings. The standard InChI is InChI=1S/C16H22N2O3/c1-13(19)18-10-8-17(9-11-18)12-15-4-2-14(3-5-15)6-7-16(20)21/h2-5H,6-12H2,1H3,(H,20,21). The largest absolute Gasteiger partial charge is 0.481 e. The SMILES string of the molecule is CC(=O)N1CCN(Cc2ccc(CCC(=O)O)cc2)CC1. The second kappa shape index (κ2) is 7.22. The zero-order chi connectivity index (χ0) is 15.2. The van der Waals surface area contributed by atoms with Crippen molar-refractivity contribution in [1.82, 2.24) is 9.80 Å². The van der Waals surface area contributed by atoms with Crippen LogP contribution < -0.4 is 0 Å². The van der Waals surface area contributed by atoms with Gasteiger partial charge in [-0.15, -0.1) is 0 Å². The van der Waals surface area contributed by atoms with Crippen LogP contribution in [0.1, 0.15) is 24.5 Å². The molecule has 0 bridgehead atoms. The number of benzene rings is 1.